The Kier molecular flexibility index (Phi) is 11.3. The molecule has 0 heterocycles. The molecular weight excluding hydrogens is 280 g/mol. The molecule has 0 aliphatic heterocycles. The Balaban J connectivity index is 0. The van der Waals surface area contributed by atoms with E-state index in [0.717, 1.165) is 9.80 Å². The Morgan fingerprint density at radius 2 is 1.29 bits per heavy atom. The van der Waals surface area contributed by atoms with Gasteiger partial charge in [0.15, 0.2) is 0 Å². The topological polar surface area (TPSA) is 122 Å². The fourth-order valence-electron chi connectivity index (χ4n) is 0.645. The van der Waals surface area contributed by atoms with Crippen molar-refractivity contribution < 1.29 is 30.0 Å². The molecule has 1 aromatic rings. The summed E-state index contributed by atoms with van der Waals surface area (Å²) < 4.78 is 0. The zero-order valence-electron chi connectivity index (χ0n) is 12.5. The van der Waals surface area contributed by atoms with Crippen molar-refractivity contribution in [3.8, 4) is 5.75 Å². The average molecular weight is 302 g/mol. The van der Waals surface area contributed by atoms with Gasteiger partial charge in [-0.3, -0.25) is 0 Å². The molecule has 0 saturated carbocycles. The molecule has 0 aliphatic rings. The quantitative estimate of drug-likeness (QED) is 0.621. The summed E-state index contributed by atoms with van der Waals surface area (Å²) >= 11 is 0. The second-order valence-corrected chi connectivity index (χ2v) is 4.14. The van der Waals surface area contributed by atoms with E-state index in [9.17, 15) is 9.59 Å². The van der Waals surface area contributed by atoms with E-state index in [-0.39, 0.29) is 12.4 Å². The molecule has 0 bridgehead atoms. The molecule has 120 valence electrons. The van der Waals surface area contributed by atoms with Gasteiger partial charge in [-0.25, -0.2) is 9.59 Å². The lowest BCUT2D eigenvalue weighted by Crippen LogP contribution is -2.18. The molecule has 0 atom stereocenters. The number of benzene rings is 1. The third-order valence-corrected chi connectivity index (χ3v) is 1.93. The van der Waals surface area contributed by atoms with Crippen LogP contribution in [-0.4, -0.2) is 70.6 Å². The second kappa shape index (κ2) is 11.4. The lowest BCUT2D eigenvalue weighted by atomic mass is 10.2. The number of hydrogen-bond acceptors (Lipinski definition) is 4. The molecule has 8 nitrogen and oxygen atoms in total. The third-order valence-electron chi connectivity index (χ3n) is 1.93. The standard InChI is InChI=1S/C7H8O2.2C3H7NO2/c8-5-6-3-1-2-4-7(6)9;2*1-4(2)3(5)6/h1-4,8-9H,5H2;2*1-2H3,(H,5,6). The van der Waals surface area contributed by atoms with Crippen LogP contribution < -0.4 is 0 Å². The van der Waals surface area contributed by atoms with Crippen molar-refractivity contribution in [1.82, 2.24) is 9.80 Å². The zero-order valence-corrected chi connectivity index (χ0v) is 12.5. The van der Waals surface area contributed by atoms with Crippen LogP contribution in [0.15, 0.2) is 24.3 Å². The lowest BCUT2D eigenvalue weighted by Gasteiger charge is -1.99. The first-order valence-electron chi connectivity index (χ1n) is 5.81. The molecule has 8 heteroatoms. The van der Waals surface area contributed by atoms with E-state index >= 15 is 0 Å². The monoisotopic (exact) mass is 302 g/mol. The van der Waals surface area contributed by atoms with Crippen molar-refractivity contribution in [2.24, 2.45) is 0 Å². The maximum absolute atomic E-state index is 9.62. The van der Waals surface area contributed by atoms with E-state index in [4.69, 9.17) is 20.4 Å². The highest BCUT2D eigenvalue weighted by atomic mass is 16.4. The fourth-order valence-corrected chi connectivity index (χ4v) is 0.645. The molecule has 0 aliphatic carbocycles. The van der Waals surface area contributed by atoms with Crippen molar-refractivity contribution in [3.63, 3.8) is 0 Å². The highest BCUT2D eigenvalue weighted by molar-refractivity contribution is 5.64. The van der Waals surface area contributed by atoms with E-state index in [1.54, 1.807) is 24.3 Å². The Labute approximate surface area is 123 Å². The molecule has 0 fully saturated rings. The van der Waals surface area contributed by atoms with Crippen LogP contribution in [0.5, 0.6) is 5.75 Å². The summed E-state index contributed by atoms with van der Waals surface area (Å²) in [6.07, 6.45) is -1.81. The Bertz CT molecular complexity index is 416. The van der Waals surface area contributed by atoms with Crippen molar-refractivity contribution >= 4 is 12.2 Å². The minimum Gasteiger partial charge on any atom is -0.508 e. The second-order valence-electron chi connectivity index (χ2n) is 4.14. The van der Waals surface area contributed by atoms with E-state index in [1.807, 2.05) is 0 Å². The molecule has 2 amide bonds. The van der Waals surface area contributed by atoms with Crippen LogP contribution >= 0.6 is 0 Å². The van der Waals surface area contributed by atoms with Gasteiger partial charge in [0.05, 0.1) is 6.61 Å². The molecule has 0 radical (unpaired) electrons. The molecule has 1 aromatic carbocycles. The van der Waals surface area contributed by atoms with Gasteiger partial charge in [0.2, 0.25) is 0 Å². The first-order valence-corrected chi connectivity index (χ1v) is 5.81. The Hall–Kier alpha value is -2.48. The van der Waals surface area contributed by atoms with Gasteiger partial charge in [-0.15, -0.1) is 0 Å². The average Bonchev–Trinajstić information content (AvgIpc) is 2.40. The molecule has 1 rings (SSSR count). The first kappa shape index (κ1) is 20.8. The molecule has 4 N–H and O–H groups in total. The predicted molar refractivity (Wildman–Crippen MR) is 77.5 cm³/mol. The number of para-hydroxylation sites is 1. The minimum absolute atomic E-state index is 0.104. The molecular formula is C13H22N2O6. The number of nitrogens with zero attached hydrogens (tertiary/aromatic N) is 2. The van der Waals surface area contributed by atoms with Gasteiger partial charge in [-0.05, 0) is 6.07 Å². The molecule has 0 unspecified atom stereocenters. The Morgan fingerprint density at radius 3 is 1.48 bits per heavy atom. The van der Waals surface area contributed by atoms with Crippen LogP contribution in [0.1, 0.15) is 5.56 Å². The first-order chi connectivity index (χ1) is 9.63. The molecule has 0 aromatic heterocycles. The smallest absolute Gasteiger partial charge is 0.406 e. The Morgan fingerprint density at radius 1 is 0.952 bits per heavy atom. The van der Waals surface area contributed by atoms with Crippen molar-refractivity contribution in [2.45, 2.75) is 6.61 Å². The van der Waals surface area contributed by atoms with Gasteiger partial charge >= 0.3 is 12.2 Å². The summed E-state index contributed by atoms with van der Waals surface area (Å²) in [5, 5.41) is 33.3. The van der Waals surface area contributed by atoms with Crippen LogP contribution in [0.2, 0.25) is 0 Å². The minimum atomic E-state index is -0.907. The number of aliphatic hydroxyl groups excluding tert-OH is 1. The number of rotatable bonds is 1. The third kappa shape index (κ3) is 12.3. The van der Waals surface area contributed by atoms with E-state index in [1.165, 1.54) is 28.2 Å². The summed E-state index contributed by atoms with van der Waals surface area (Å²) in [6, 6.07) is 6.71. The molecule has 21 heavy (non-hydrogen) atoms. The fraction of sp³-hybridized carbons (Fsp3) is 0.385. The number of hydrogen-bond donors (Lipinski definition) is 4. The lowest BCUT2D eigenvalue weighted by molar-refractivity contribution is 0.164. The number of aliphatic hydroxyl groups is 1. The van der Waals surface area contributed by atoms with Crippen LogP contribution in [-0.2, 0) is 6.61 Å². The largest absolute Gasteiger partial charge is 0.508 e. The normalized spacial score (nSPS) is 8.43. The van der Waals surface area contributed by atoms with Gasteiger partial charge in [0.25, 0.3) is 0 Å². The highest BCUT2D eigenvalue weighted by Gasteiger charge is 1.94. The van der Waals surface area contributed by atoms with E-state index < -0.39 is 12.2 Å². The SMILES string of the molecule is CN(C)C(=O)O.CN(C)C(=O)O.OCc1ccccc1O. The number of aromatic hydroxyl groups is 1. The number of carbonyl (C=O) groups is 2. The van der Waals surface area contributed by atoms with Gasteiger partial charge in [0, 0.05) is 33.8 Å². The van der Waals surface area contributed by atoms with E-state index in [0.29, 0.717) is 5.56 Å². The van der Waals surface area contributed by atoms with Crippen molar-refractivity contribution in [2.75, 3.05) is 28.2 Å². The number of carboxylic acid groups (broad SMARTS) is 2. The van der Waals surface area contributed by atoms with Crippen molar-refractivity contribution in [3.05, 3.63) is 29.8 Å². The van der Waals surface area contributed by atoms with Crippen LogP contribution in [0.4, 0.5) is 9.59 Å². The zero-order chi connectivity index (χ0) is 17.0. The van der Waals surface area contributed by atoms with Crippen molar-refractivity contribution in [1.29, 1.82) is 0 Å². The van der Waals surface area contributed by atoms with E-state index in [2.05, 4.69) is 0 Å². The van der Waals surface area contributed by atoms with Gasteiger partial charge in [0.1, 0.15) is 5.75 Å². The summed E-state index contributed by atoms with van der Waals surface area (Å²) in [6.45, 7) is -0.104. The van der Waals surface area contributed by atoms with Crippen LogP contribution in [0.25, 0.3) is 0 Å². The van der Waals surface area contributed by atoms with Crippen LogP contribution in [0, 0.1) is 0 Å². The maximum atomic E-state index is 9.62. The molecule has 0 spiro atoms. The summed E-state index contributed by atoms with van der Waals surface area (Å²) in [5.41, 5.74) is 0.567. The highest BCUT2D eigenvalue weighted by Crippen LogP contribution is 2.14. The van der Waals surface area contributed by atoms with Gasteiger partial charge in [-0.2, -0.15) is 0 Å². The van der Waals surface area contributed by atoms with Gasteiger partial charge < -0.3 is 30.2 Å². The maximum Gasteiger partial charge on any atom is 0.406 e. The summed E-state index contributed by atoms with van der Waals surface area (Å²) in [4.78, 5) is 21.4. The molecule has 0 saturated heterocycles. The van der Waals surface area contributed by atoms with Crippen LogP contribution in [0.3, 0.4) is 0 Å². The number of phenols is 1. The predicted octanol–water partition coefficient (Wildman–Crippen LogP) is 1.34. The van der Waals surface area contributed by atoms with Gasteiger partial charge in [-0.1, -0.05) is 18.2 Å². The summed E-state index contributed by atoms with van der Waals surface area (Å²) in [5.74, 6) is 0.153. The number of amides is 2. The summed E-state index contributed by atoms with van der Waals surface area (Å²) in [7, 11) is 5.90.